The lowest BCUT2D eigenvalue weighted by molar-refractivity contribution is 1.05. The molecule has 3 rings (SSSR count). The van der Waals surface area contributed by atoms with Crippen molar-refractivity contribution in [1.29, 1.82) is 0 Å². The SMILES string of the molecule is NCc1ccc(-c2cc3ccccc3s2)nc1. The normalized spacial score (nSPS) is 10.9. The van der Waals surface area contributed by atoms with Crippen molar-refractivity contribution >= 4 is 21.4 Å². The van der Waals surface area contributed by atoms with E-state index in [4.69, 9.17) is 5.73 Å². The van der Waals surface area contributed by atoms with Crippen LogP contribution in [0.5, 0.6) is 0 Å². The average Bonchev–Trinajstić information content (AvgIpc) is 2.82. The number of fused-ring (bicyclic) bond motifs is 1. The van der Waals surface area contributed by atoms with Crippen molar-refractivity contribution in [2.24, 2.45) is 5.73 Å². The number of hydrogen-bond donors (Lipinski definition) is 1. The third kappa shape index (κ3) is 1.95. The van der Waals surface area contributed by atoms with Gasteiger partial charge in [-0.1, -0.05) is 24.3 Å². The van der Waals surface area contributed by atoms with Crippen LogP contribution in [0.3, 0.4) is 0 Å². The molecular formula is C14H12N2S. The van der Waals surface area contributed by atoms with E-state index in [2.05, 4.69) is 35.3 Å². The van der Waals surface area contributed by atoms with Gasteiger partial charge < -0.3 is 5.73 Å². The molecule has 2 N–H and O–H groups in total. The summed E-state index contributed by atoms with van der Waals surface area (Å²) in [5.74, 6) is 0. The Morgan fingerprint density at radius 2 is 2.00 bits per heavy atom. The van der Waals surface area contributed by atoms with Crippen LogP contribution in [-0.4, -0.2) is 4.98 Å². The van der Waals surface area contributed by atoms with E-state index in [9.17, 15) is 0 Å². The predicted molar refractivity (Wildman–Crippen MR) is 72.9 cm³/mol. The summed E-state index contributed by atoms with van der Waals surface area (Å²) in [7, 11) is 0. The van der Waals surface area contributed by atoms with Gasteiger partial charge in [0.25, 0.3) is 0 Å². The minimum absolute atomic E-state index is 0.541. The molecule has 0 saturated carbocycles. The average molecular weight is 240 g/mol. The van der Waals surface area contributed by atoms with Crippen molar-refractivity contribution in [1.82, 2.24) is 4.98 Å². The first-order valence-electron chi connectivity index (χ1n) is 5.51. The third-order valence-corrected chi connectivity index (χ3v) is 3.88. The molecular weight excluding hydrogens is 228 g/mol. The first-order valence-corrected chi connectivity index (χ1v) is 6.32. The molecule has 1 aromatic carbocycles. The van der Waals surface area contributed by atoms with Crippen LogP contribution in [-0.2, 0) is 6.54 Å². The lowest BCUT2D eigenvalue weighted by atomic mass is 10.2. The van der Waals surface area contributed by atoms with Gasteiger partial charge in [0.15, 0.2) is 0 Å². The highest BCUT2D eigenvalue weighted by Crippen LogP contribution is 2.32. The Balaban J connectivity index is 2.07. The number of benzene rings is 1. The Bertz CT molecular complexity index is 608. The Morgan fingerprint density at radius 1 is 1.12 bits per heavy atom. The van der Waals surface area contributed by atoms with E-state index in [1.54, 1.807) is 11.3 Å². The molecule has 84 valence electrons. The number of thiophene rings is 1. The lowest BCUT2D eigenvalue weighted by Crippen LogP contribution is -1.96. The monoisotopic (exact) mass is 240 g/mol. The smallest absolute Gasteiger partial charge is 0.0802 e. The minimum Gasteiger partial charge on any atom is -0.326 e. The van der Waals surface area contributed by atoms with Crippen molar-refractivity contribution in [3.8, 4) is 10.6 Å². The summed E-state index contributed by atoms with van der Waals surface area (Å²) in [6.07, 6.45) is 1.85. The summed E-state index contributed by atoms with van der Waals surface area (Å²) in [6, 6.07) is 14.6. The van der Waals surface area contributed by atoms with Gasteiger partial charge in [0.1, 0.15) is 0 Å². The van der Waals surface area contributed by atoms with Crippen LogP contribution in [0.4, 0.5) is 0 Å². The highest BCUT2D eigenvalue weighted by Gasteiger charge is 2.04. The topological polar surface area (TPSA) is 38.9 Å². The summed E-state index contributed by atoms with van der Waals surface area (Å²) >= 11 is 1.77. The van der Waals surface area contributed by atoms with Crippen LogP contribution < -0.4 is 5.73 Å². The Hall–Kier alpha value is -1.71. The van der Waals surface area contributed by atoms with E-state index in [0.29, 0.717) is 6.54 Å². The maximum atomic E-state index is 5.56. The highest BCUT2D eigenvalue weighted by molar-refractivity contribution is 7.22. The van der Waals surface area contributed by atoms with Gasteiger partial charge in [0.05, 0.1) is 10.6 Å². The molecule has 17 heavy (non-hydrogen) atoms. The molecule has 0 radical (unpaired) electrons. The van der Waals surface area contributed by atoms with Gasteiger partial charge in [0.2, 0.25) is 0 Å². The van der Waals surface area contributed by atoms with Crippen molar-refractivity contribution < 1.29 is 0 Å². The van der Waals surface area contributed by atoms with E-state index >= 15 is 0 Å². The number of nitrogens with two attached hydrogens (primary N) is 1. The molecule has 3 heteroatoms. The van der Waals surface area contributed by atoms with Crippen LogP contribution in [0.25, 0.3) is 20.7 Å². The molecule has 3 aromatic rings. The number of pyridine rings is 1. The fourth-order valence-electron chi connectivity index (χ4n) is 1.80. The van der Waals surface area contributed by atoms with E-state index in [1.807, 2.05) is 18.3 Å². The fourth-order valence-corrected chi connectivity index (χ4v) is 2.84. The molecule has 0 aliphatic carbocycles. The Morgan fingerprint density at radius 3 is 2.71 bits per heavy atom. The number of aromatic nitrogens is 1. The second-order valence-corrected chi connectivity index (χ2v) is 4.99. The molecule has 0 atom stereocenters. The molecule has 0 saturated heterocycles. The van der Waals surface area contributed by atoms with E-state index in [1.165, 1.54) is 15.0 Å². The molecule has 0 fully saturated rings. The fraction of sp³-hybridized carbons (Fsp3) is 0.0714. The van der Waals surface area contributed by atoms with Gasteiger partial charge in [-0.2, -0.15) is 0 Å². The van der Waals surface area contributed by atoms with Crippen molar-refractivity contribution in [3.63, 3.8) is 0 Å². The zero-order chi connectivity index (χ0) is 11.7. The molecule has 0 aliphatic rings. The Labute approximate surface area is 104 Å². The van der Waals surface area contributed by atoms with E-state index in [0.717, 1.165) is 11.3 Å². The number of hydrogen-bond acceptors (Lipinski definition) is 3. The van der Waals surface area contributed by atoms with Gasteiger partial charge in [-0.05, 0) is 29.1 Å². The quantitative estimate of drug-likeness (QED) is 0.745. The molecule has 0 amide bonds. The van der Waals surface area contributed by atoms with Gasteiger partial charge in [0, 0.05) is 17.4 Å². The summed E-state index contributed by atoms with van der Waals surface area (Å²) in [6.45, 7) is 0.541. The number of rotatable bonds is 2. The zero-order valence-corrected chi connectivity index (χ0v) is 10.1. The largest absolute Gasteiger partial charge is 0.326 e. The predicted octanol–water partition coefficient (Wildman–Crippen LogP) is 3.42. The second kappa shape index (κ2) is 4.28. The summed E-state index contributed by atoms with van der Waals surface area (Å²) in [4.78, 5) is 5.65. The van der Waals surface area contributed by atoms with Gasteiger partial charge >= 0.3 is 0 Å². The molecule has 0 unspecified atom stereocenters. The molecule has 2 heterocycles. The molecule has 0 aliphatic heterocycles. The van der Waals surface area contributed by atoms with Gasteiger partial charge in [-0.3, -0.25) is 4.98 Å². The second-order valence-electron chi connectivity index (χ2n) is 3.90. The highest BCUT2D eigenvalue weighted by atomic mass is 32.1. The molecule has 2 aromatic heterocycles. The summed E-state index contributed by atoms with van der Waals surface area (Å²) < 4.78 is 1.30. The lowest BCUT2D eigenvalue weighted by Gasteiger charge is -1.98. The maximum absolute atomic E-state index is 5.56. The molecule has 2 nitrogen and oxygen atoms in total. The van der Waals surface area contributed by atoms with Crippen LogP contribution >= 0.6 is 11.3 Å². The van der Waals surface area contributed by atoms with Crippen LogP contribution in [0.15, 0.2) is 48.7 Å². The van der Waals surface area contributed by atoms with Crippen LogP contribution in [0.2, 0.25) is 0 Å². The standard InChI is InChI=1S/C14H12N2S/c15-8-10-5-6-12(16-9-10)14-7-11-3-1-2-4-13(11)17-14/h1-7,9H,8,15H2. The molecule has 0 bridgehead atoms. The van der Waals surface area contributed by atoms with E-state index in [-0.39, 0.29) is 0 Å². The summed E-state index contributed by atoms with van der Waals surface area (Å²) in [5, 5.41) is 1.28. The van der Waals surface area contributed by atoms with Gasteiger partial charge in [-0.15, -0.1) is 11.3 Å². The number of nitrogens with zero attached hydrogens (tertiary/aromatic N) is 1. The van der Waals surface area contributed by atoms with Crippen LogP contribution in [0, 0.1) is 0 Å². The third-order valence-electron chi connectivity index (χ3n) is 2.74. The van der Waals surface area contributed by atoms with Crippen molar-refractivity contribution in [2.45, 2.75) is 6.54 Å². The Kier molecular flexibility index (Phi) is 2.63. The minimum atomic E-state index is 0.541. The van der Waals surface area contributed by atoms with Crippen LogP contribution in [0.1, 0.15) is 5.56 Å². The zero-order valence-electron chi connectivity index (χ0n) is 9.26. The maximum Gasteiger partial charge on any atom is 0.0802 e. The molecule has 0 spiro atoms. The van der Waals surface area contributed by atoms with Crippen molar-refractivity contribution in [3.05, 3.63) is 54.2 Å². The first kappa shape index (κ1) is 10.4. The first-order chi connectivity index (χ1) is 8.36. The summed E-state index contributed by atoms with van der Waals surface area (Å²) in [5.41, 5.74) is 7.64. The van der Waals surface area contributed by atoms with E-state index < -0.39 is 0 Å². The van der Waals surface area contributed by atoms with Crippen molar-refractivity contribution in [2.75, 3.05) is 0 Å². The van der Waals surface area contributed by atoms with Gasteiger partial charge in [-0.25, -0.2) is 0 Å².